The molecule has 1 aliphatic heterocycles. The van der Waals surface area contributed by atoms with Crippen LogP contribution in [0.4, 0.5) is 24.7 Å². The number of aryl methyl sites for hydroxylation is 1. The molecule has 4 rings (SSSR count). The molecule has 0 bridgehead atoms. The van der Waals surface area contributed by atoms with E-state index >= 15 is 0 Å². The van der Waals surface area contributed by atoms with Gasteiger partial charge >= 0.3 is 6.18 Å². The van der Waals surface area contributed by atoms with Crippen molar-refractivity contribution in [1.82, 2.24) is 9.97 Å². The van der Waals surface area contributed by atoms with Crippen LogP contribution in [0.15, 0.2) is 48.8 Å². The van der Waals surface area contributed by atoms with Crippen LogP contribution in [0, 0.1) is 6.92 Å². The molecule has 186 valence electrons. The molecule has 0 unspecified atom stereocenters. The maximum absolute atomic E-state index is 13.4. The van der Waals surface area contributed by atoms with Gasteiger partial charge in [0.1, 0.15) is 18.7 Å². The number of rotatable bonds is 6. The molecule has 0 atom stereocenters. The van der Waals surface area contributed by atoms with Crippen molar-refractivity contribution in [1.29, 1.82) is 0 Å². The van der Waals surface area contributed by atoms with Crippen LogP contribution in [-0.2, 0) is 11.0 Å². The monoisotopic (exact) mass is 499 g/mol. The summed E-state index contributed by atoms with van der Waals surface area (Å²) in [6, 6.07) is 7.50. The van der Waals surface area contributed by atoms with Gasteiger partial charge in [0, 0.05) is 17.3 Å². The zero-order chi connectivity index (χ0) is 25.9. The van der Waals surface area contributed by atoms with Gasteiger partial charge in [-0.3, -0.25) is 9.59 Å². The van der Waals surface area contributed by atoms with E-state index in [1.165, 1.54) is 24.5 Å². The Hall–Kier alpha value is -4.61. The standard InChI is InChI=1S/C24H20F3N5O4/c1-13-2-4-15(10-18(13)36-23-20-21(30-12-31-23)29-6-7-35-20)22(34)32-17-9-14(3-5-19(28)33)8-16(11-17)24(25,26)27/h2-5,8-12H,6-7H2,1H3,(H2,28,33)(H,32,34)(H,29,30,31). The van der Waals surface area contributed by atoms with Gasteiger partial charge in [0.25, 0.3) is 11.8 Å². The van der Waals surface area contributed by atoms with Crippen LogP contribution in [0.25, 0.3) is 6.08 Å². The van der Waals surface area contributed by atoms with E-state index < -0.39 is 23.6 Å². The predicted molar refractivity (Wildman–Crippen MR) is 125 cm³/mol. The first-order valence-corrected chi connectivity index (χ1v) is 10.6. The lowest BCUT2D eigenvalue weighted by Crippen LogP contribution is -2.19. The van der Waals surface area contributed by atoms with E-state index in [0.29, 0.717) is 36.0 Å². The number of anilines is 2. The number of nitrogens with two attached hydrogens (primary N) is 1. The number of carbonyl (C=O) groups excluding carboxylic acids is 2. The molecule has 0 saturated carbocycles. The number of alkyl halides is 3. The minimum absolute atomic E-state index is 0.0361. The molecule has 2 aromatic carbocycles. The number of aromatic nitrogens is 2. The third-order valence-electron chi connectivity index (χ3n) is 5.05. The van der Waals surface area contributed by atoms with E-state index in [1.807, 2.05) is 0 Å². The summed E-state index contributed by atoms with van der Waals surface area (Å²) in [5.74, 6) is -0.242. The Balaban J connectivity index is 1.60. The maximum atomic E-state index is 13.4. The second kappa shape index (κ2) is 9.94. The number of benzene rings is 2. The van der Waals surface area contributed by atoms with Gasteiger partial charge in [0.15, 0.2) is 5.82 Å². The fourth-order valence-electron chi connectivity index (χ4n) is 3.33. The van der Waals surface area contributed by atoms with E-state index in [0.717, 1.165) is 24.3 Å². The summed E-state index contributed by atoms with van der Waals surface area (Å²) in [4.78, 5) is 32.1. The molecule has 12 heteroatoms. The van der Waals surface area contributed by atoms with Gasteiger partial charge in [-0.25, -0.2) is 4.98 Å². The lowest BCUT2D eigenvalue weighted by molar-refractivity contribution is -0.137. The molecule has 0 spiro atoms. The van der Waals surface area contributed by atoms with Gasteiger partial charge in [-0.2, -0.15) is 18.2 Å². The van der Waals surface area contributed by atoms with Crippen molar-refractivity contribution < 1.29 is 32.2 Å². The summed E-state index contributed by atoms with van der Waals surface area (Å²) < 4.78 is 51.6. The van der Waals surface area contributed by atoms with Crippen LogP contribution in [0.1, 0.15) is 27.0 Å². The Morgan fingerprint density at radius 3 is 2.75 bits per heavy atom. The molecule has 9 nitrogen and oxygen atoms in total. The Bertz CT molecular complexity index is 1360. The number of ether oxygens (including phenoxy) is 2. The predicted octanol–water partition coefficient (Wildman–Crippen LogP) is 4.15. The number of nitrogens with one attached hydrogen (secondary N) is 2. The van der Waals surface area contributed by atoms with Crippen molar-refractivity contribution in [3.8, 4) is 17.4 Å². The van der Waals surface area contributed by atoms with Crippen LogP contribution in [0.3, 0.4) is 0 Å². The number of halogens is 3. The van der Waals surface area contributed by atoms with E-state index in [-0.39, 0.29) is 22.7 Å². The number of hydrogen-bond donors (Lipinski definition) is 3. The summed E-state index contributed by atoms with van der Waals surface area (Å²) in [6.07, 6.45) is -1.31. The minimum Gasteiger partial charge on any atom is -0.483 e. The Kier molecular flexibility index (Phi) is 6.77. The summed E-state index contributed by atoms with van der Waals surface area (Å²) in [6.45, 7) is 2.73. The fraction of sp³-hybridized carbons (Fsp3) is 0.167. The lowest BCUT2D eigenvalue weighted by atomic mass is 10.1. The smallest absolute Gasteiger partial charge is 0.416 e. The minimum atomic E-state index is -4.67. The second-order valence-electron chi connectivity index (χ2n) is 7.75. The van der Waals surface area contributed by atoms with E-state index in [1.54, 1.807) is 13.0 Å². The third-order valence-corrected chi connectivity index (χ3v) is 5.05. The average molecular weight is 499 g/mol. The Morgan fingerprint density at radius 1 is 1.19 bits per heavy atom. The number of fused-ring (bicyclic) bond motifs is 1. The summed E-state index contributed by atoms with van der Waals surface area (Å²) in [5, 5.41) is 5.52. The van der Waals surface area contributed by atoms with Crippen LogP contribution in [-0.4, -0.2) is 34.9 Å². The summed E-state index contributed by atoms with van der Waals surface area (Å²) >= 11 is 0. The van der Waals surface area contributed by atoms with Crippen molar-refractivity contribution in [3.05, 3.63) is 71.1 Å². The molecule has 0 saturated heterocycles. The van der Waals surface area contributed by atoms with Crippen molar-refractivity contribution >= 4 is 29.4 Å². The second-order valence-corrected chi connectivity index (χ2v) is 7.75. The highest BCUT2D eigenvalue weighted by atomic mass is 19.4. The Labute approximate surface area is 203 Å². The molecule has 4 N–H and O–H groups in total. The molecule has 1 aliphatic rings. The average Bonchev–Trinajstić information content (AvgIpc) is 2.83. The van der Waals surface area contributed by atoms with Crippen molar-refractivity contribution in [2.24, 2.45) is 5.73 Å². The zero-order valence-corrected chi connectivity index (χ0v) is 18.8. The number of hydrogen-bond acceptors (Lipinski definition) is 7. The van der Waals surface area contributed by atoms with E-state index in [4.69, 9.17) is 15.2 Å². The van der Waals surface area contributed by atoms with Gasteiger partial charge in [-0.1, -0.05) is 6.07 Å². The molecule has 0 aliphatic carbocycles. The van der Waals surface area contributed by atoms with Crippen molar-refractivity contribution in [2.75, 3.05) is 23.8 Å². The highest BCUT2D eigenvalue weighted by molar-refractivity contribution is 6.04. The molecule has 1 aromatic heterocycles. The molecule has 36 heavy (non-hydrogen) atoms. The highest BCUT2D eigenvalue weighted by Crippen LogP contribution is 2.37. The number of carbonyl (C=O) groups is 2. The quantitative estimate of drug-likeness (QED) is 0.435. The molecule has 0 radical (unpaired) electrons. The van der Waals surface area contributed by atoms with Gasteiger partial charge in [-0.15, -0.1) is 0 Å². The fourth-order valence-corrected chi connectivity index (χ4v) is 3.33. The summed E-state index contributed by atoms with van der Waals surface area (Å²) in [5.41, 5.74) is 4.76. The highest BCUT2D eigenvalue weighted by Gasteiger charge is 2.31. The molecule has 3 aromatic rings. The molecular formula is C24H20F3N5O4. The molecular weight excluding hydrogens is 479 g/mol. The van der Waals surface area contributed by atoms with E-state index in [2.05, 4.69) is 20.6 Å². The Morgan fingerprint density at radius 2 is 2.00 bits per heavy atom. The third kappa shape index (κ3) is 5.71. The molecule has 2 heterocycles. The summed E-state index contributed by atoms with van der Waals surface area (Å²) in [7, 11) is 0. The zero-order valence-electron chi connectivity index (χ0n) is 18.8. The van der Waals surface area contributed by atoms with Crippen molar-refractivity contribution in [3.63, 3.8) is 0 Å². The van der Waals surface area contributed by atoms with Crippen molar-refractivity contribution in [2.45, 2.75) is 13.1 Å². The lowest BCUT2D eigenvalue weighted by Gasteiger charge is -2.20. The molecule has 2 amide bonds. The van der Waals surface area contributed by atoms with Gasteiger partial charge in [0.2, 0.25) is 11.7 Å². The van der Waals surface area contributed by atoms with Crippen LogP contribution >= 0.6 is 0 Å². The van der Waals surface area contributed by atoms with Crippen LogP contribution in [0.2, 0.25) is 0 Å². The van der Waals surface area contributed by atoms with Gasteiger partial charge in [0.05, 0.1) is 12.1 Å². The van der Waals surface area contributed by atoms with Gasteiger partial charge in [-0.05, 0) is 54.5 Å². The van der Waals surface area contributed by atoms with Gasteiger partial charge < -0.3 is 25.8 Å². The first kappa shape index (κ1) is 24.5. The first-order chi connectivity index (χ1) is 17.1. The topological polar surface area (TPSA) is 128 Å². The number of nitrogens with zero attached hydrogens (tertiary/aromatic N) is 2. The molecule has 0 fully saturated rings. The first-order valence-electron chi connectivity index (χ1n) is 10.6. The van der Waals surface area contributed by atoms with E-state index in [9.17, 15) is 22.8 Å². The maximum Gasteiger partial charge on any atom is 0.416 e. The number of amides is 2. The normalized spacial score (nSPS) is 12.9. The van der Waals surface area contributed by atoms with Crippen LogP contribution < -0.4 is 25.8 Å². The number of primary amides is 1. The SMILES string of the molecule is Cc1ccc(C(=O)Nc2cc(C=CC(N)=O)cc(C(F)(F)F)c2)cc1Oc1ncnc2c1OCCN2. The largest absolute Gasteiger partial charge is 0.483 e. The van der Waals surface area contributed by atoms with Crippen LogP contribution in [0.5, 0.6) is 17.4 Å².